The summed E-state index contributed by atoms with van der Waals surface area (Å²) in [6.07, 6.45) is 4.17. The van der Waals surface area contributed by atoms with Crippen molar-refractivity contribution in [1.82, 2.24) is 29.9 Å². The van der Waals surface area contributed by atoms with Crippen LogP contribution in [-0.4, -0.2) is 66.5 Å². The van der Waals surface area contributed by atoms with Crippen LogP contribution in [0.15, 0.2) is 42.7 Å². The van der Waals surface area contributed by atoms with Gasteiger partial charge in [0.25, 0.3) is 0 Å². The molecule has 4 heterocycles. The van der Waals surface area contributed by atoms with Gasteiger partial charge in [0.05, 0.1) is 18.3 Å². The number of nitrogens with zero attached hydrogens (tertiary/aromatic N) is 7. The molecular weight excluding hydrogens is 382 g/mol. The van der Waals surface area contributed by atoms with Gasteiger partial charge in [-0.3, -0.25) is 4.98 Å². The van der Waals surface area contributed by atoms with Crippen molar-refractivity contribution in [2.75, 3.05) is 31.2 Å². The number of hydrogen-bond donors (Lipinski definition) is 2. The molecule has 0 spiro atoms. The summed E-state index contributed by atoms with van der Waals surface area (Å²) in [5.74, 6) is 1.11. The number of pyridine rings is 1. The van der Waals surface area contributed by atoms with E-state index >= 15 is 0 Å². The average Bonchev–Trinajstić information content (AvgIpc) is 3.37. The molecule has 0 unspecified atom stereocenters. The van der Waals surface area contributed by atoms with Crippen LogP contribution >= 0.6 is 0 Å². The SMILES string of the molecule is OCC[C@H]1CN(c2cnc3nnn(Cc4ccc5ncccc5c4)c3n2)C[C@H]1CO. The van der Waals surface area contributed by atoms with Crippen LogP contribution in [0, 0.1) is 11.8 Å². The molecule has 1 saturated heterocycles. The minimum atomic E-state index is 0.104. The van der Waals surface area contributed by atoms with Gasteiger partial charge in [0, 0.05) is 43.8 Å². The fourth-order valence-corrected chi connectivity index (χ4v) is 4.23. The lowest BCUT2D eigenvalue weighted by molar-refractivity contribution is 0.179. The van der Waals surface area contributed by atoms with Crippen LogP contribution in [0.1, 0.15) is 12.0 Å². The molecule has 1 aliphatic heterocycles. The van der Waals surface area contributed by atoms with Crippen LogP contribution in [0.25, 0.3) is 22.2 Å². The van der Waals surface area contributed by atoms with E-state index in [0.717, 1.165) is 28.8 Å². The Morgan fingerprint density at radius 3 is 2.83 bits per heavy atom. The molecule has 3 aromatic heterocycles. The van der Waals surface area contributed by atoms with Crippen LogP contribution in [-0.2, 0) is 6.54 Å². The summed E-state index contributed by atoms with van der Waals surface area (Å²) < 4.78 is 1.76. The molecule has 9 heteroatoms. The Balaban J connectivity index is 1.43. The van der Waals surface area contributed by atoms with Crippen molar-refractivity contribution in [2.45, 2.75) is 13.0 Å². The van der Waals surface area contributed by atoms with E-state index < -0.39 is 0 Å². The predicted octanol–water partition coefficient (Wildman–Crippen LogP) is 1.24. The summed E-state index contributed by atoms with van der Waals surface area (Å²) in [6.45, 7) is 2.20. The Morgan fingerprint density at radius 2 is 1.97 bits per heavy atom. The number of benzene rings is 1. The molecule has 2 atom stereocenters. The minimum Gasteiger partial charge on any atom is -0.396 e. The maximum atomic E-state index is 9.68. The van der Waals surface area contributed by atoms with E-state index in [0.29, 0.717) is 30.8 Å². The summed E-state index contributed by atoms with van der Waals surface area (Å²) in [5.41, 5.74) is 3.17. The highest BCUT2D eigenvalue weighted by molar-refractivity contribution is 5.79. The maximum absolute atomic E-state index is 9.68. The zero-order valence-electron chi connectivity index (χ0n) is 16.5. The zero-order valence-corrected chi connectivity index (χ0v) is 16.5. The monoisotopic (exact) mass is 405 g/mol. The van der Waals surface area contributed by atoms with E-state index in [-0.39, 0.29) is 25.0 Å². The number of aliphatic hydroxyl groups is 2. The van der Waals surface area contributed by atoms with Crippen LogP contribution in [0.4, 0.5) is 5.82 Å². The number of rotatable bonds is 6. The smallest absolute Gasteiger partial charge is 0.221 e. The highest BCUT2D eigenvalue weighted by atomic mass is 16.3. The van der Waals surface area contributed by atoms with E-state index in [4.69, 9.17) is 4.98 Å². The van der Waals surface area contributed by atoms with Gasteiger partial charge >= 0.3 is 0 Å². The van der Waals surface area contributed by atoms with E-state index in [1.807, 2.05) is 24.3 Å². The molecule has 2 N–H and O–H groups in total. The van der Waals surface area contributed by atoms with Crippen molar-refractivity contribution in [1.29, 1.82) is 0 Å². The minimum absolute atomic E-state index is 0.104. The third-order valence-electron chi connectivity index (χ3n) is 5.85. The number of hydrogen-bond acceptors (Lipinski definition) is 8. The van der Waals surface area contributed by atoms with Gasteiger partial charge in [-0.25, -0.2) is 14.6 Å². The third-order valence-corrected chi connectivity index (χ3v) is 5.85. The highest BCUT2D eigenvalue weighted by Crippen LogP contribution is 2.29. The second-order valence-corrected chi connectivity index (χ2v) is 7.77. The van der Waals surface area contributed by atoms with Gasteiger partial charge in [-0.2, -0.15) is 0 Å². The molecule has 1 aliphatic rings. The van der Waals surface area contributed by atoms with Gasteiger partial charge in [0.1, 0.15) is 5.82 Å². The number of aliphatic hydroxyl groups excluding tert-OH is 2. The maximum Gasteiger partial charge on any atom is 0.221 e. The lowest BCUT2D eigenvalue weighted by Crippen LogP contribution is -2.22. The van der Waals surface area contributed by atoms with Crippen LogP contribution in [0.5, 0.6) is 0 Å². The fraction of sp³-hybridized carbons (Fsp3) is 0.381. The molecule has 9 nitrogen and oxygen atoms in total. The van der Waals surface area contributed by atoms with Crippen molar-refractivity contribution in [2.24, 2.45) is 11.8 Å². The molecule has 0 saturated carbocycles. The first-order valence-electron chi connectivity index (χ1n) is 10.1. The van der Waals surface area contributed by atoms with Crippen molar-refractivity contribution in [3.8, 4) is 0 Å². The lowest BCUT2D eigenvalue weighted by atomic mass is 9.94. The molecule has 1 fully saturated rings. The Bertz CT molecular complexity index is 1180. The van der Waals surface area contributed by atoms with Crippen LogP contribution in [0.3, 0.4) is 0 Å². The van der Waals surface area contributed by atoms with Gasteiger partial charge in [-0.05, 0) is 36.1 Å². The van der Waals surface area contributed by atoms with Gasteiger partial charge in [0.2, 0.25) is 5.65 Å². The summed E-state index contributed by atoms with van der Waals surface area (Å²) in [5, 5.41) is 28.5. The molecular formula is C21H23N7O2. The largest absolute Gasteiger partial charge is 0.396 e. The average molecular weight is 405 g/mol. The van der Waals surface area contributed by atoms with E-state index in [2.05, 4.69) is 31.2 Å². The summed E-state index contributed by atoms with van der Waals surface area (Å²) >= 11 is 0. The van der Waals surface area contributed by atoms with Gasteiger partial charge < -0.3 is 15.1 Å². The number of anilines is 1. The Labute approximate surface area is 173 Å². The predicted molar refractivity (Wildman–Crippen MR) is 112 cm³/mol. The molecule has 1 aromatic carbocycles. The second-order valence-electron chi connectivity index (χ2n) is 7.77. The van der Waals surface area contributed by atoms with Crippen LogP contribution < -0.4 is 4.90 Å². The first-order valence-corrected chi connectivity index (χ1v) is 10.1. The highest BCUT2D eigenvalue weighted by Gasteiger charge is 2.32. The molecule has 0 amide bonds. The standard InChI is InChI=1S/C21H23N7O2/c29-7-5-16-11-27(12-17(16)13-30)19-9-23-20-21(24-19)28(26-25-20)10-14-3-4-18-15(8-14)2-1-6-22-18/h1-4,6,8-9,16-17,29-30H,5,7,10-13H2/t16-,17-/m0/s1. The van der Waals surface area contributed by atoms with Gasteiger partial charge in [0.15, 0.2) is 5.65 Å². The van der Waals surface area contributed by atoms with Gasteiger partial charge in [-0.1, -0.05) is 17.3 Å². The summed E-state index contributed by atoms with van der Waals surface area (Å²) in [6, 6.07) is 10.1. The quantitative estimate of drug-likeness (QED) is 0.493. The Morgan fingerprint density at radius 1 is 1.07 bits per heavy atom. The first kappa shape index (κ1) is 18.8. The topological polar surface area (TPSA) is 113 Å². The molecule has 30 heavy (non-hydrogen) atoms. The molecule has 5 rings (SSSR count). The molecule has 154 valence electrons. The third kappa shape index (κ3) is 3.46. The molecule has 0 aliphatic carbocycles. The lowest BCUT2D eigenvalue weighted by Gasteiger charge is -2.16. The van der Waals surface area contributed by atoms with Crippen LogP contribution in [0.2, 0.25) is 0 Å². The molecule has 0 bridgehead atoms. The Kier molecular flexibility index (Phi) is 4.97. The van der Waals surface area contributed by atoms with Crippen molar-refractivity contribution < 1.29 is 10.2 Å². The Hall–Kier alpha value is -3.17. The van der Waals surface area contributed by atoms with E-state index in [9.17, 15) is 10.2 Å². The number of fused-ring (bicyclic) bond motifs is 2. The van der Waals surface area contributed by atoms with E-state index in [1.165, 1.54) is 0 Å². The van der Waals surface area contributed by atoms with Gasteiger partial charge in [-0.15, -0.1) is 5.10 Å². The van der Waals surface area contributed by atoms with Crippen molar-refractivity contribution in [3.63, 3.8) is 0 Å². The van der Waals surface area contributed by atoms with Crippen molar-refractivity contribution in [3.05, 3.63) is 48.3 Å². The fourth-order valence-electron chi connectivity index (χ4n) is 4.23. The summed E-state index contributed by atoms with van der Waals surface area (Å²) in [7, 11) is 0. The van der Waals surface area contributed by atoms with Crippen molar-refractivity contribution >= 4 is 28.0 Å². The second kappa shape index (κ2) is 7.92. The zero-order chi connectivity index (χ0) is 20.5. The molecule has 0 radical (unpaired) electrons. The number of aromatic nitrogens is 6. The normalized spacial score (nSPS) is 19.2. The molecule has 4 aromatic rings. The first-order chi connectivity index (χ1) is 14.7. The summed E-state index contributed by atoms with van der Waals surface area (Å²) in [4.78, 5) is 15.7. The van der Waals surface area contributed by atoms with E-state index in [1.54, 1.807) is 17.1 Å².